The van der Waals surface area contributed by atoms with Crippen LogP contribution in [0.2, 0.25) is 0 Å². The number of rotatable bonds is 9. The summed E-state index contributed by atoms with van der Waals surface area (Å²) in [6, 6.07) is 7.65. The van der Waals surface area contributed by atoms with Crippen LogP contribution in [0.25, 0.3) is 0 Å². The summed E-state index contributed by atoms with van der Waals surface area (Å²) >= 11 is 0. The quantitative estimate of drug-likeness (QED) is 0.703. The Morgan fingerprint density at radius 3 is 2.75 bits per heavy atom. The van der Waals surface area contributed by atoms with E-state index < -0.39 is 0 Å². The van der Waals surface area contributed by atoms with Gasteiger partial charge in [0.05, 0.1) is 13.1 Å². The monoisotopic (exact) mass is 389 g/mol. The molecule has 1 aromatic rings. The third-order valence-electron chi connectivity index (χ3n) is 5.63. The second kappa shape index (κ2) is 10.7. The van der Waals surface area contributed by atoms with Gasteiger partial charge in [0.25, 0.3) is 0 Å². The highest BCUT2D eigenvalue weighted by atomic mass is 16.6. The molecule has 0 spiro atoms. The maximum absolute atomic E-state index is 12.3. The zero-order valence-electron chi connectivity index (χ0n) is 17.4. The van der Waals surface area contributed by atoms with Crippen molar-refractivity contribution in [2.45, 2.75) is 38.7 Å². The first-order chi connectivity index (χ1) is 13.6. The van der Waals surface area contributed by atoms with Crippen LogP contribution in [0, 0.1) is 5.92 Å². The number of nitrogens with zero attached hydrogens (tertiary/aromatic N) is 2. The number of unbranched alkanes of at least 4 members (excludes halogenated alkanes) is 1. The molecule has 6 nitrogen and oxygen atoms in total. The number of piperidine rings is 1. The fraction of sp³-hybridized carbons (Fsp3) is 0.682. The van der Waals surface area contributed by atoms with E-state index in [-0.39, 0.29) is 12.0 Å². The second-order valence-electron chi connectivity index (χ2n) is 8.14. The van der Waals surface area contributed by atoms with Gasteiger partial charge in [0.15, 0.2) is 11.5 Å². The highest BCUT2D eigenvalue weighted by Crippen LogP contribution is 2.30. The highest BCUT2D eigenvalue weighted by molar-refractivity contribution is 5.78. The van der Waals surface area contributed by atoms with Crippen LogP contribution in [0.4, 0.5) is 0 Å². The summed E-state index contributed by atoms with van der Waals surface area (Å²) in [5.41, 5.74) is 0. The van der Waals surface area contributed by atoms with Gasteiger partial charge in [0.2, 0.25) is 5.91 Å². The standard InChI is InChI=1S/C22H35N3O3/c1-3-4-11-24(2)15-18-9-12-25(13-10-18)16-22(26)23-14-19-17-27-20-7-5-6-8-21(20)28-19/h5-8,18-19H,3-4,9-17H2,1-2H3,(H,23,26). The number of nitrogens with one attached hydrogen (secondary N) is 1. The molecule has 2 aliphatic rings. The van der Waals surface area contributed by atoms with E-state index in [0.717, 1.165) is 30.5 Å². The molecule has 28 heavy (non-hydrogen) atoms. The molecule has 3 rings (SSSR count). The molecule has 0 bridgehead atoms. The fourth-order valence-electron chi connectivity index (χ4n) is 3.94. The molecule has 156 valence electrons. The summed E-state index contributed by atoms with van der Waals surface area (Å²) in [6.07, 6.45) is 4.75. The van der Waals surface area contributed by atoms with Crippen LogP contribution in [0.5, 0.6) is 11.5 Å². The van der Waals surface area contributed by atoms with Crippen molar-refractivity contribution in [2.75, 3.05) is 52.9 Å². The first-order valence-corrected chi connectivity index (χ1v) is 10.7. The molecule has 1 aromatic carbocycles. The van der Waals surface area contributed by atoms with E-state index in [1.165, 1.54) is 38.8 Å². The second-order valence-corrected chi connectivity index (χ2v) is 8.14. The Bertz CT molecular complexity index is 617. The van der Waals surface area contributed by atoms with E-state index in [1.54, 1.807) is 0 Å². The number of amides is 1. The van der Waals surface area contributed by atoms with E-state index in [1.807, 2.05) is 24.3 Å². The summed E-state index contributed by atoms with van der Waals surface area (Å²) in [5, 5.41) is 3.00. The summed E-state index contributed by atoms with van der Waals surface area (Å²) in [6.45, 7) is 8.05. The van der Waals surface area contributed by atoms with Crippen molar-refractivity contribution < 1.29 is 14.3 Å². The van der Waals surface area contributed by atoms with Gasteiger partial charge in [-0.2, -0.15) is 0 Å². The Morgan fingerprint density at radius 2 is 2.00 bits per heavy atom. The molecule has 0 aromatic heterocycles. The Hall–Kier alpha value is -1.79. The predicted molar refractivity (Wildman–Crippen MR) is 111 cm³/mol. The number of hydrogen-bond donors (Lipinski definition) is 1. The minimum absolute atomic E-state index is 0.0703. The topological polar surface area (TPSA) is 54.0 Å². The Morgan fingerprint density at radius 1 is 1.25 bits per heavy atom. The molecule has 0 saturated carbocycles. The van der Waals surface area contributed by atoms with Crippen LogP contribution in [0.1, 0.15) is 32.6 Å². The van der Waals surface area contributed by atoms with Gasteiger partial charge in [-0.3, -0.25) is 9.69 Å². The molecular formula is C22H35N3O3. The van der Waals surface area contributed by atoms with Gasteiger partial charge in [-0.1, -0.05) is 25.5 Å². The summed E-state index contributed by atoms with van der Waals surface area (Å²) in [5.74, 6) is 2.35. The predicted octanol–water partition coefficient (Wildman–Crippen LogP) is 2.39. The van der Waals surface area contributed by atoms with Crippen LogP contribution >= 0.6 is 0 Å². The molecule has 0 aliphatic carbocycles. The number of carbonyl (C=O) groups excluding carboxylic acids is 1. The highest BCUT2D eigenvalue weighted by Gasteiger charge is 2.24. The van der Waals surface area contributed by atoms with Crippen LogP contribution in [0.15, 0.2) is 24.3 Å². The van der Waals surface area contributed by atoms with Crippen molar-refractivity contribution >= 4 is 5.91 Å². The number of hydrogen-bond acceptors (Lipinski definition) is 5. The fourth-order valence-corrected chi connectivity index (χ4v) is 3.94. The molecule has 2 heterocycles. The summed E-state index contributed by atoms with van der Waals surface area (Å²) in [7, 11) is 2.23. The zero-order valence-corrected chi connectivity index (χ0v) is 17.4. The van der Waals surface area contributed by atoms with Crippen molar-refractivity contribution in [3.8, 4) is 11.5 Å². The van der Waals surface area contributed by atoms with Crippen molar-refractivity contribution in [2.24, 2.45) is 5.92 Å². The number of likely N-dealkylation sites (tertiary alicyclic amines) is 1. The van der Waals surface area contributed by atoms with Crippen molar-refractivity contribution in [1.82, 2.24) is 15.1 Å². The number of para-hydroxylation sites is 2. The maximum Gasteiger partial charge on any atom is 0.234 e. The van der Waals surface area contributed by atoms with Gasteiger partial charge in [0.1, 0.15) is 12.7 Å². The molecule has 1 unspecified atom stereocenters. The lowest BCUT2D eigenvalue weighted by molar-refractivity contribution is -0.123. The van der Waals surface area contributed by atoms with E-state index in [4.69, 9.17) is 9.47 Å². The SMILES string of the molecule is CCCCN(C)CC1CCN(CC(=O)NCC2COc3ccccc3O2)CC1. The first-order valence-electron chi connectivity index (χ1n) is 10.7. The minimum atomic E-state index is -0.136. The number of ether oxygens (including phenoxy) is 2. The zero-order chi connectivity index (χ0) is 19.8. The maximum atomic E-state index is 12.3. The number of fused-ring (bicyclic) bond motifs is 1. The first kappa shape index (κ1) is 20.9. The molecular weight excluding hydrogens is 354 g/mol. The molecule has 1 N–H and O–H groups in total. The molecule has 0 radical (unpaired) electrons. The molecule has 2 aliphatic heterocycles. The van der Waals surface area contributed by atoms with Crippen molar-refractivity contribution in [3.63, 3.8) is 0 Å². The van der Waals surface area contributed by atoms with Crippen LogP contribution in [-0.4, -0.2) is 74.7 Å². The van der Waals surface area contributed by atoms with E-state index in [0.29, 0.717) is 19.7 Å². The lowest BCUT2D eigenvalue weighted by Gasteiger charge is -2.33. The van der Waals surface area contributed by atoms with E-state index in [2.05, 4.69) is 29.1 Å². The van der Waals surface area contributed by atoms with Gasteiger partial charge >= 0.3 is 0 Å². The lowest BCUT2D eigenvalue weighted by Crippen LogP contribution is -2.46. The van der Waals surface area contributed by atoms with Gasteiger partial charge in [-0.25, -0.2) is 0 Å². The molecule has 1 atom stereocenters. The normalized spacial score (nSPS) is 20.3. The molecule has 1 saturated heterocycles. The van der Waals surface area contributed by atoms with Gasteiger partial charge in [0, 0.05) is 6.54 Å². The van der Waals surface area contributed by atoms with Crippen LogP contribution in [-0.2, 0) is 4.79 Å². The smallest absolute Gasteiger partial charge is 0.234 e. The minimum Gasteiger partial charge on any atom is -0.486 e. The van der Waals surface area contributed by atoms with Gasteiger partial charge in [-0.05, 0) is 64.0 Å². The van der Waals surface area contributed by atoms with Crippen molar-refractivity contribution in [3.05, 3.63) is 24.3 Å². The molecule has 1 fully saturated rings. The Labute approximate surface area is 169 Å². The van der Waals surface area contributed by atoms with E-state index >= 15 is 0 Å². The van der Waals surface area contributed by atoms with Crippen molar-refractivity contribution in [1.29, 1.82) is 0 Å². The number of carbonyl (C=O) groups is 1. The molecule has 1 amide bonds. The summed E-state index contributed by atoms with van der Waals surface area (Å²) < 4.78 is 11.6. The Balaban J connectivity index is 1.31. The van der Waals surface area contributed by atoms with Crippen LogP contribution < -0.4 is 14.8 Å². The third kappa shape index (κ3) is 6.38. The Kier molecular flexibility index (Phi) is 7.98. The molecule has 6 heteroatoms. The van der Waals surface area contributed by atoms with Gasteiger partial charge < -0.3 is 19.7 Å². The average molecular weight is 390 g/mol. The number of benzene rings is 1. The average Bonchev–Trinajstić information content (AvgIpc) is 2.72. The largest absolute Gasteiger partial charge is 0.486 e. The van der Waals surface area contributed by atoms with E-state index in [9.17, 15) is 4.79 Å². The van der Waals surface area contributed by atoms with Crippen LogP contribution in [0.3, 0.4) is 0 Å². The summed E-state index contributed by atoms with van der Waals surface area (Å²) in [4.78, 5) is 17.0. The van der Waals surface area contributed by atoms with Gasteiger partial charge in [-0.15, -0.1) is 0 Å². The third-order valence-corrected chi connectivity index (χ3v) is 5.63. The lowest BCUT2D eigenvalue weighted by atomic mass is 9.96.